The van der Waals surface area contributed by atoms with Gasteiger partial charge in [-0.05, 0) is 29.5 Å². The number of hydrogen-bond donors (Lipinski definition) is 1. The van der Waals surface area contributed by atoms with Crippen molar-refractivity contribution in [1.82, 2.24) is 10.2 Å². The highest BCUT2D eigenvalue weighted by molar-refractivity contribution is 5.82. The van der Waals surface area contributed by atoms with Crippen LogP contribution in [0.5, 0.6) is 0 Å². The summed E-state index contributed by atoms with van der Waals surface area (Å²) >= 11 is 0. The molecule has 1 aliphatic rings. The summed E-state index contributed by atoms with van der Waals surface area (Å²) in [6.45, 7) is 5.72. The number of guanidine groups is 1. The van der Waals surface area contributed by atoms with E-state index < -0.39 is 11.6 Å². The predicted molar refractivity (Wildman–Crippen MR) is 92.4 cm³/mol. The molecule has 7 heteroatoms. The lowest BCUT2D eigenvalue weighted by Gasteiger charge is -2.23. The molecule has 0 radical (unpaired) electrons. The van der Waals surface area contributed by atoms with Crippen LogP contribution in [0, 0.1) is 23.5 Å². The van der Waals surface area contributed by atoms with E-state index in [1.165, 1.54) is 13.2 Å². The number of methoxy groups -OCH3 is 1. The Morgan fingerprint density at radius 3 is 2.72 bits per heavy atom. The predicted octanol–water partition coefficient (Wildman–Crippen LogP) is 2.38. The van der Waals surface area contributed by atoms with Crippen LogP contribution in [0.15, 0.2) is 23.2 Å². The number of esters is 1. The molecule has 0 aliphatic carbocycles. The molecule has 1 N–H and O–H groups in total. The molecule has 1 fully saturated rings. The van der Waals surface area contributed by atoms with E-state index in [1.807, 2.05) is 18.7 Å². The Balaban J connectivity index is 1.96. The molecule has 2 rings (SSSR count). The van der Waals surface area contributed by atoms with Crippen molar-refractivity contribution >= 4 is 11.9 Å². The lowest BCUT2D eigenvalue weighted by Crippen LogP contribution is -2.42. The molecular formula is C18H25F2N3O2. The van der Waals surface area contributed by atoms with Gasteiger partial charge in [0.25, 0.3) is 0 Å². The number of nitrogens with zero attached hydrogens (tertiary/aromatic N) is 2. The summed E-state index contributed by atoms with van der Waals surface area (Å²) in [7, 11) is 3.08. The zero-order chi connectivity index (χ0) is 18.6. The molecule has 1 heterocycles. The maximum Gasteiger partial charge on any atom is 0.310 e. The Labute approximate surface area is 147 Å². The smallest absolute Gasteiger partial charge is 0.310 e. The Hall–Kier alpha value is -2.18. The van der Waals surface area contributed by atoms with Gasteiger partial charge in [-0.1, -0.05) is 19.9 Å². The van der Waals surface area contributed by atoms with Crippen molar-refractivity contribution in [3.8, 4) is 0 Å². The van der Waals surface area contributed by atoms with Gasteiger partial charge >= 0.3 is 5.97 Å². The second kappa shape index (κ2) is 8.27. The van der Waals surface area contributed by atoms with Crippen LogP contribution in [-0.2, 0) is 9.53 Å². The normalized spacial score (nSPS) is 22.0. The van der Waals surface area contributed by atoms with Crippen molar-refractivity contribution in [3.05, 3.63) is 35.4 Å². The monoisotopic (exact) mass is 353 g/mol. The maximum absolute atomic E-state index is 13.4. The number of benzene rings is 1. The molecule has 0 saturated carbocycles. The fraction of sp³-hybridized carbons (Fsp3) is 0.556. The third kappa shape index (κ3) is 4.46. The van der Waals surface area contributed by atoms with Crippen LogP contribution < -0.4 is 5.32 Å². The van der Waals surface area contributed by atoms with Gasteiger partial charge in [-0.3, -0.25) is 9.79 Å². The number of aliphatic imine (C=N–C) groups is 1. The Kier molecular flexibility index (Phi) is 6.33. The summed E-state index contributed by atoms with van der Waals surface area (Å²) < 4.78 is 31.3. The summed E-state index contributed by atoms with van der Waals surface area (Å²) in [6.07, 6.45) is 0. The maximum atomic E-state index is 13.4. The van der Waals surface area contributed by atoms with Crippen LogP contribution in [0.4, 0.5) is 8.78 Å². The van der Waals surface area contributed by atoms with Crippen molar-refractivity contribution in [2.45, 2.75) is 19.8 Å². The molecule has 1 aromatic carbocycles. The van der Waals surface area contributed by atoms with Crippen LogP contribution in [0.3, 0.4) is 0 Å². The molecule has 3 atom stereocenters. The molecule has 138 valence electrons. The number of ether oxygens (including phenoxy) is 1. The number of carbonyl (C=O) groups excluding carboxylic acids is 1. The van der Waals surface area contributed by atoms with E-state index in [2.05, 4.69) is 10.3 Å². The second-order valence-corrected chi connectivity index (χ2v) is 6.51. The fourth-order valence-corrected chi connectivity index (χ4v) is 3.11. The first kappa shape index (κ1) is 19.1. The summed E-state index contributed by atoms with van der Waals surface area (Å²) in [5, 5.41) is 3.25. The van der Waals surface area contributed by atoms with Crippen molar-refractivity contribution in [3.63, 3.8) is 0 Å². The van der Waals surface area contributed by atoms with E-state index in [-0.39, 0.29) is 23.7 Å². The van der Waals surface area contributed by atoms with Gasteiger partial charge in [0.15, 0.2) is 17.6 Å². The minimum atomic E-state index is -0.848. The van der Waals surface area contributed by atoms with E-state index in [1.54, 1.807) is 13.1 Å². The van der Waals surface area contributed by atoms with Crippen molar-refractivity contribution in [2.75, 3.05) is 33.8 Å². The fourth-order valence-electron chi connectivity index (χ4n) is 3.11. The first-order valence-electron chi connectivity index (χ1n) is 8.35. The zero-order valence-corrected chi connectivity index (χ0v) is 15.1. The van der Waals surface area contributed by atoms with Crippen molar-refractivity contribution in [2.24, 2.45) is 16.8 Å². The van der Waals surface area contributed by atoms with E-state index in [4.69, 9.17) is 4.74 Å². The van der Waals surface area contributed by atoms with Gasteiger partial charge in [0.2, 0.25) is 0 Å². The van der Waals surface area contributed by atoms with Gasteiger partial charge in [0, 0.05) is 26.7 Å². The number of halogens is 2. The van der Waals surface area contributed by atoms with Crippen LogP contribution >= 0.6 is 0 Å². The quantitative estimate of drug-likeness (QED) is 0.513. The Morgan fingerprint density at radius 1 is 1.40 bits per heavy atom. The minimum absolute atomic E-state index is 0.0247. The van der Waals surface area contributed by atoms with Gasteiger partial charge < -0.3 is 15.0 Å². The highest BCUT2D eigenvalue weighted by Crippen LogP contribution is 2.24. The number of nitrogens with one attached hydrogen (secondary N) is 1. The minimum Gasteiger partial charge on any atom is -0.469 e. The molecule has 1 aromatic rings. The first-order valence-corrected chi connectivity index (χ1v) is 8.35. The van der Waals surface area contributed by atoms with Crippen LogP contribution in [-0.4, -0.2) is 50.6 Å². The van der Waals surface area contributed by atoms with E-state index in [9.17, 15) is 13.6 Å². The average molecular weight is 353 g/mol. The van der Waals surface area contributed by atoms with Crippen molar-refractivity contribution in [1.29, 1.82) is 0 Å². The van der Waals surface area contributed by atoms with Crippen molar-refractivity contribution < 1.29 is 18.3 Å². The highest BCUT2D eigenvalue weighted by Gasteiger charge is 2.36. The van der Waals surface area contributed by atoms with Gasteiger partial charge in [0.1, 0.15) is 0 Å². The zero-order valence-electron chi connectivity index (χ0n) is 15.1. The molecule has 0 aromatic heterocycles. The molecular weight excluding hydrogens is 328 g/mol. The summed E-state index contributed by atoms with van der Waals surface area (Å²) in [5.41, 5.74) is 0.712. The number of rotatable bonds is 4. The Morgan fingerprint density at radius 2 is 2.12 bits per heavy atom. The molecule has 0 amide bonds. The molecule has 5 nitrogen and oxygen atoms in total. The number of likely N-dealkylation sites (tertiary alicyclic amines) is 1. The summed E-state index contributed by atoms with van der Waals surface area (Å²) in [6, 6.07) is 3.94. The summed E-state index contributed by atoms with van der Waals surface area (Å²) in [5.74, 6) is -1.24. The first-order chi connectivity index (χ1) is 11.9. The molecule has 25 heavy (non-hydrogen) atoms. The Bertz CT molecular complexity index is 651. The van der Waals surface area contributed by atoms with Crippen LogP contribution in [0.1, 0.15) is 25.3 Å². The standard InChI is InChI=1S/C18H25F2N3O2/c1-11(13-5-6-15(19)16(20)7-13)8-22-18(21-3)23-9-12(2)14(10-23)17(24)25-4/h5-7,11-12,14H,8-10H2,1-4H3,(H,21,22). The largest absolute Gasteiger partial charge is 0.469 e. The van der Waals surface area contributed by atoms with Crippen LogP contribution in [0.25, 0.3) is 0 Å². The lowest BCUT2D eigenvalue weighted by molar-refractivity contribution is -0.145. The van der Waals surface area contributed by atoms with Crippen LogP contribution in [0.2, 0.25) is 0 Å². The number of hydrogen-bond acceptors (Lipinski definition) is 3. The average Bonchev–Trinajstić information content (AvgIpc) is 2.98. The third-order valence-electron chi connectivity index (χ3n) is 4.71. The van der Waals surface area contributed by atoms with E-state index in [0.717, 1.165) is 6.07 Å². The van der Waals surface area contributed by atoms with Gasteiger partial charge in [-0.25, -0.2) is 8.78 Å². The highest BCUT2D eigenvalue weighted by atomic mass is 19.2. The molecule has 1 aliphatic heterocycles. The van der Waals surface area contributed by atoms with Gasteiger partial charge in [-0.15, -0.1) is 0 Å². The van der Waals surface area contributed by atoms with Gasteiger partial charge in [0.05, 0.1) is 13.0 Å². The third-order valence-corrected chi connectivity index (χ3v) is 4.71. The number of carbonyl (C=O) groups is 1. The molecule has 1 saturated heterocycles. The second-order valence-electron chi connectivity index (χ2n) is 6.51. The molecule has 3 unspecified atom stereocenters. The molecule has 0 spiro atoms. The SMILES string of the molecule is CN=C(NCC(C)c1ccc(F)c(F)c1)N1CC(C)C(C(=O)OC)C1. The summed E-state index contributed by atoms with van der Waals surface area (Å²) in [4.78, 5) is 18.1. The lowest BCUT2D eigenvalue weighted by atomic mass is 9.99. The topological polar surface area (TPSA) is 53.9 Å². The van der Waals surface area contributed by atoms with E-state index >= 15 is 0 Å². The van der Waals surface area contributed by atoms with Gasteiger partial charge in [-0.2, -0.15) is 0 Å². The molecule has 0 bridgehead atoms. The van der Waals surface area contributed by atoms with E-state index in [0.29, 0.717) is 31.2 Å².